The third-order valence-corrected chi connectivity index (χ3v) is 3.51. The molecule has 3 nitrogen and oxygen atoms in total. The molecule has 0 saturated carbocycles. The van der Waals surface area contributed by atoms with Gasteiger partial charge in [-0.15, -0.1) is 0 Å². The summed E-state index contributed by atoms with van der Waals surface area (Å²) in [6.45, 7) is 2.09. The highest BCUT2D eigenvalue weighted by Crippen LogP contribution is 2.34. The first kappa shape index (κ1) is 11.4. The van der Waals surface area contributed by atoms with Gasteiger partial charge in [0.25, 0.3) is 0 Å². The fourth-order valence-electron chi connectivity index (χ4n) is 2.76. The van der Waals surface area contributed by atoms with Gasteiger partial charge in [-0.1, -0.05) is 12.1 Å². The highest BCUT2D eigenvalue weighted by atomic mass is 35.5. The molecule has 1 N–H and O–H groups in total. The van der Waals surface area contributed by atoms with Crippen LogP contribution in [0.15, 0.2) is 24.3 Å². The van der Waals surface area contributed by atoms with E-state index in [2.05, 4.69) is 11.5 Å². The zero-order valence-corrected chi connectivity index (χ0v) is 9.83. The number of amides is 1. The monoisotopic (exact) mass is 238 g/mol. The number of benzene rings is 1. The van der Waals surface area contributed by atoms with Crippen LogP contribution in [-0.4, -0.2) is 19.0 Å². The molecule has 16 heavy (non-hydrogen) atoms. The van der Waals surface area contributed by atoms with Crippen molar-refractivity contribution >= 4 is 11.6 Å². The van der Waals surface area contributed by atoms with Crippen molar-refractivity contribution in [2.45, 2.75) is 19.3 Å². The van der Waals surface area contributed by atoms with Crippen LogP contribution in [0, 0.1) is 0 Å². The molecule has 0 unspecified atom stereocenters. The maximum absolute atomic E-state index is 11.8. The van der Waals surface area contributed by atoms with Gasteiger partial charge >= 0.3 is 5.91 Å². The Kier molecular flexibility index (Phi) is 2.91. The summed E-state index contributed by atoms with van der Waals surface area (Å²) in [6, 6.07) is 7.96. The molecular formula is C12H15ClN2O. The van der Waals surface area contributed by atoms with E-state index >= 15 is 0 Å². The van der Waals surface area contributed by atoms with Crippen LogP contribution < -0.4 is 22.4 Å². The fourth-order valence-corrected chi connectivity index (χ4v) is 2.76. The van der Waals surface area contributed by atoms with E-state index in [9.17, 15) is 4.79 Å². The molecule has 1 aromatic rings. The number of rotatable bonds is 0. The first-order chi connectivity index (χ1) is 7.32. The molecule has 3 rings (SSSR count). The lowest BCUT2D eigenvalue weighted by Crippen LogP contribution is -3.00. The molecule has 1 saturated heterocycles. The van der Waals surface area contributed by atoms with E-state index < -0.39 is 0 Å². The third kappa shape index (κ3) is 1.51. The maximum atomic E-state index is 11.8. The SMILES string of the molecule is O=C1N[N+]2(CCCCC2)c2ccccc21.[Cl-]. The number of halogens is 1. The van der Waals surface area contributed by atoms with Crippen molar-refractivity contribution < 1.29 is 17.2 Å². The van der Waals surface area contributed by atoms with Gasteiger partial charge in [0.05, 0.1) is 0 Å². The van der Waals surface area contributed by atoms with Crippen molar-refractivity contribution in [2.24, 2.45) is 0 Å². The second kappa shape index (κ2) is 4.07. The molecule has 1 aromatic carbocycles. The van der Waals surface area contributed by atoms with Crippen molar-refractivity contribution in [2.75, 3.05) is 13.1 Å². The summed E-state index contributed by atoms with van der Waals surface area (Å²) in [6.07, 6.45) is 3.70. The molecule has 2 aliphatic heterocycles. The quantitative estimate of drug-likeness (QED) is 0.568. The Hall–Kier alpha value is -1.06. The average Bonchev–Trinajstić information content (AvgIpc) is 2.55. The number of nitrogens with zero attached hydrogens (tertiary/aromatic N) is 1. The van der Waals surface area contributed by atoms with Crippen LogP contribution in [0.2, 0.25) is 0 Å². The largest absolute Gasteiger partial charge is 1.00 e. The van der Waals surface area contributed by atoms with Crippen LogP contribution in [0.3, 0.4) is 0 Å². The van der Waals surface area contributed by atoms with Gasteiger partial charge in [-0.05, 0) is 25.3 Å². The van der Waals surface area contributed by atoms with E-state index in [0.29, 0.717) is 4.59 Å². The van der Waals surface area contributed by atoms with Gasteiger partial charge in [-0.3, -0.25) is 4.79 Å². The molecule has 2 heterocycles. The number of carbonyl (C=O) groups is 1. The summed E-state index contributed by atoms with van der Waals surface area (Å²) >= 11 is 0. The Bertz CT molecular complexity index is 413. The summed E-state index contributed by atoms with van der Waals surface area (Å²) in [5.74, 6) is 0.0903. The summed E-state index contributed by atoms with van der Waals surface area (Å²) in [4.78, 5) is 11.8. The Labute approximate surface area is 101 Å². The second-order valence-corrected chi connectivity index (χ2v) is 4.43. The first-order valence-corrected chi connectivity index (χ1v) is 5.61. The topological polar surface area (TPSA) is 29.1 Å². The predicted molar refractivity (Wildman–Crippen MR) is 59.3 cm³/mol. The maximum Gasteiger partial charge on any atom is 0.302 e. The number of nitrogens with one attached hydrogen (secondary N) is 1. The number of para-hydroxylation sites is 1. The molecule has 86 valence electrons. The van der Waals surface area contributed by atoms with Gasteiger partial charge in [0.2, 0.25) is 0 Å². The van der Waals surface area contributed by atoms with Crippen molar-refractivity contribution in [1.82, 2.24) is 10.0 Å². The number of hydrogen-bond acceptors (Lipinski definition) is 1. The molecule has 2 aliphatic rings. The molecule has 0 radical (unpaired) electrons. The van der Waals surface area contributed by atoms with Gasteiger partial charge in [-0.25, -0.2) is 0 Å². The minimum atomic E-state index is 0. The zero-order valence-electron chi connectivity index (χ0n) is 9.08. The highest BCUT2D eigenvalue weighted by molar-refractivity contribution is 6.03. The summed E-state index contributed by atoms with van der Waals surface area (Å²) < 4.78 is 0.689. The molecule has 0 aliphatic carbocycles. The Balaban J connectivity index is 0.000000963. The van der Waals surface area contributed by atoms with Gasteiger partial charge in [-0.2, -0.15) is 10.0 Å². The zero-order chi connectivity index (χ0) is 10.3. The Morgan fingerprint density at radius 2 is 1.75 bits per heavy atom. The highest BCUT2D eigenvalue weighted by Gasteiger charge is 2.43. The van der Waals surface area contributed by atoms with E-state index in [1.807, 2.05) is 18.2 Å². The minimum Gasteiger partial charge on any atom is -1.00 e. The molecule has 0 bridgehead atoms. The van der Waals surface area contributed by atoms with Crippen LogP contribution in [0.4, 0.5) is 5.69 Å². The number of fused-ring (bicyclic) bond motifs is 2. The van der Waals surface area contributed by atoms with E-state index in [1.54, 1.807) is 0 Å². The van der Waals surface area contributed by atoms with Crippen LogP contribution >= 0.6 is 0 Å². The predicted octanol–water partition coefficient (Wildman–Crippen LogP) is -1.16. The van der Waals surface area contributed by atoms with E-state index in [-0.39, 0.29) is 18.3 Å². The molecule has 4 heteroatoms. The molecule has 1 spiro atoms. The third-order valence-electron chi connectivity index (χ3n) is 3.51. The van der Waals surface area contributed by atoms with Gasteiger partial charge in [0, 0.05) is 6.07 Å². The lowest BCUT2D eigenvalue weighted by Gasteiger charge is -2.35. The average molecular weight is 239 g/mol. The smallest absolute Gasteiger partial charge is 0.302 e. The summed E-state index contributed by atoms with van der Waals surface area (Å²) in [7, 11) is 0. The Morgan fingerprint density at radius 3 is 2.50 bits per heavy atom. The second-order valence-electron chi connectivity index (χ2n) is 4.43. The number of hydrogen-bond donors (Lipinski definition) is 1. The van der Waals surface area contributed by atoms with Crippen molar-refractivity contribution in [3.05, 3.63) is 29.8 Å². The van der Waals surface area contributed by atoms with Crippen LogP contribution in [0.25, 0.3) is 0 Å². The number of quaternary nitrogens is 1. The van der Waals surface area contributed by atoms with Gasteiger partial charge < -0.3 is 12.4 Å². The van der Waals surface area contributed by atoms with Crippen molar-refractivity contribution in [3.8, 4) is 0 Å². The summed E-state index contributed by atoms with van der Waals surface area (Å²) in [5, 5.41) is 0. The van der Waals surface area contributed by atoms with E-state index in [4.69, 9.17) is 0 Å². The van der Waals surface area contributed by atoms with Crippen LogP contribution in [0.1, 0.15) is 29.6 Å². The molecule has 1 fully saturated rings. The molecular weight excluding hydrogens is 224 g/mol. The molecule has 0 aromatic heterocycles. The van der Waals surface area contributed by atoms with Crippen LogP contribution in [0.5, 0.6) is 0 Å². The molecule has 1 amide bonds. The Morgan fingerprint density at radius 1 is 1.06 bits per heavy atom. The van der Waals surface area contributed by atoms with E-state index in [1.165, 1.54) is 24.9 Å². The minimum absolute atomic E-state index is 0. The van der Waals surface area contributed by atoms with Crippen molar-refractivity contribution in [3.63, 3.8) is 0 Å². The van der Waals surface area contributed by atoms with Gasteiger partial charge in [0.1, 0.15) is 18.7 Å². The normalized spacial score (nSPS) is 21.1. The first-order valence-electron chi connectivity index (χ1n) is 5.61. The fraction of sp³-hybridized carbons (Fsp3) is 0.417. The van der Waals surface area contributed by atoms with Gasteiger partial charge in [0.15, 0.2) is 5.69 Å². The van der Waals surface area contributed by atoms with Crippen LogP contribution in [-0.2, 0) is 0 Å². The molecule has 0 atom stereocenters. The standard InChI is InChI=1S/C12H14N2O.ClH/c15-12-10-6-2-3-7-11(10)14(13-12)8-4-1-5-9-14;/h2-3,6-7H,1,4-5,8-9H2;1H. The van der Waals surface area contributed by atoms with E-state index in [0.717, 1.165) is 18.7 Å². The van der Waals surface area contributed by atoms with Crippen molar-refractivity contribution in [1.29, 1.82) is 0 Å². The lowest BCUT2D eigenvalue weighted by atomic mass is 10.1. The number of piperidine rings is 1. The summed E-state index contributed by atoms with van der Waals surface area (Å²) in [5.41, 5.74) is 5.16. The lowest BCUT2D eigenvalue weighted by molar-refractivity contribution is -0.0000129. The number of carbonyl (C=O) groups excluding carboxylic acids is 1.